The molecule has 0 unspecified atom stereocenters. The van der Waals surface area contributed by atoms with Crippen LogP contribution in [0.2, 0.25) is 0 Å². The summed E-state index contributed by atoms with van der Waals surface area (Å²) in [5, 5.41) is 0.737. The Morgan fingerprint density at radius 2 is 1.62 bits per heavy atom. The van der Waals surface area contributed by atoms with Crippen LogP contribution >= 0.6 is 0 Å². The summed E-state index contributed by atoms with van der Waals surface area (Å²) >= 11 is 0. The minimum Gasteiger partial charge on any atom is -0.360 e. The molecule has 0 amide bonds. The highest BCUT2D eigenvalue weighted by Gasteiger charge is 2.39. The second-order valence-electron chi connectivity index (χ2n) is 6.07. The lowest BCUT2D eigenvalue weighted by Crippen LogP contribution is -2.26. The number of benzene rings is 3. The van der Waals surface area contributed by atoms with E-state index in [0.717, 1.165) is 16.3 Å². The molecule has 3 aromatic carbocycles. The Kier molecular flexibility index (Phi) is 4.55. The molecular formula is C20H16N2O3S. The Bertz CT molecular complexity index is 1180. The van der Waals surface area contributed by atoms with E-state index in [-0.39, 0.29) is 10.5 Å². The van der Waals surface area contributed by atoms with Crippen molar-refractivity contribution in [2.24, 2.45) is 0 Å². The average molecular weight is 364 g/mol. The van der Waals surface area contributed by atoms with Gasteiger partial charge in [-0.1, -0.05) is 60.2 Å². The topological polar surface area (TPSA) is 87.6 Å². The van der Waals surface area contributed by atoms with Crippen LogP contribution in [0.25, 0.3) is 16.3 Å². The van der Waals surface area contributed by atoms with Gasteiger partial charge in [0.25, 0.3) is 15.6 Å². The number of hydrogen-bond donors (Lipinski definition) is 0. The van der Waals surface area contributed by atoms with Gasteiger partial charge in [0, 0.05) is 5.56 Å². The lowest BCUT2D eigenvalue weighted by atomic mass is 10.1. The van der Waals surface area contributed by atoms with E-state index in [2.05, 4.69) is 4.79 Å². The number of ketones is 1. The van der Waals surface area contributed by atoms with Crippen molar-refractivity contribution in [3.63, 3.8) is 0 Å². The fourth-order valence-electron chi connectivity index (χ4n) is 2.84. The summed E-state index contributed by atoms with van der Waals surface area (Å²) in [6, 6.07) is 16.8. The fourth-order valence-corrected chi connectivity index (χ4v) is 4.28. The molecule has 0 heterocycles. The third-order valence-electron chi connectivity index (χ3n) is 4.15. The van der Waals surface area contributed by atoms with Gasteiger partial charge in [-0.15, -0.1) is 4.79 Å². The molecule has 3 rings (SSSR count). The van der Waals surface area contributed by atoms with Crippen molar-refractivity contribution in [3.8, 4) is 0 Å². The largest absolute Gasteiger partial charge is 0.456 e. The maximum absolute atomic E-state index is 13.0. The van der Waals surface area contributed by atoms with Gasteiger partial charge in [0.05, 0.1) is 4.90 Å². The molecule has 0 aliphatic heterocycles. The molecule has 3 aromatic rings. The Hall–Kier alpha value is -3.08. The molecule has 130 valence electrons. The molecule has 0 N–H and O–H groups in total. The highest BCUT2D eigenvalue weighted by Crippen LogP contribution is 2.26. The zero-order valence-electron chi connectivity index (χ0n) is 14.3. The average Bonchev–Trinajstić information content (AvgIpc) is 2.61. The standard InChI is InChI=1S/C20H16N2O3S/c1-13-8-9-16-12-18(14(2)11-17(16)10-13)26(24,25)20(22-21)19(23)15-6-4-3-5-7-15/h3-12H,1-2H3. The van der Waals surface area contributed by atoms with E-state index >= 15 is 0 Å². The Labute approximate surface area is 151 Å². The molecule has 26 heavy (non-hydrogen) atoms. The first-order valence-electron chi connectivity index (χ1n) is 7.92. The van der Waals surface area contributed by atoms with Crippen LogP contribution in [0.3, 0.4) is 0 Å². The van der Waals surface area contributed by atoms with Crippen molar-refractivity contribution < 1.29 is 18.0 Å². The number of carbonyl (C=O) groups excluding carboxylic acids is 1. The molecule has 0 aliphatic carbocycles. The number of Topliss-reactive ketones (excluding diaryl/α,β-unsaturated/α-hetero) is 1. The van der Waals surface area contributed by atoms with Gasteiger partial charge in [-0.3, -0.25) is 4.79 Å². The van der Waals surface area contributed by atoms with E-state index in [4.69, 9.17) is 0 Å². The van der Waals surface area contributed by atoms with Crippen molar-refractivity contribution in [2.75, 3.05) is 0 Å². The van der Waals surface area contributed by atoms with Crippen LogP contribution in [0, 0.1) is 13.8 Å². The van der Waals surface area contributed by atoms with Gasteiger partial charge in [-0.25, -0.2) is 8.42 Å². The summed E-state index contributed by atoms with van der Waals surface area (Å²) < 4.78 is 26.0. The maximum Gasteiger partial charge on any atom is 0.456 e. The van der Waals surface area contributed by atoms with Crippen LogP contribution in [0.4, 0.5) is 0 Å². The third-order valence-corrected chi connectivity index (χ3v) is 5.95. The number of carbonyl (C=O) groups is 1. The minimum absolute atomic E-state index is 0.0501. The number of aryl methyl sites for hydroxylation is 2. The molecule has 0 aromatic heterocycles. The number of fused-ring (bicyclic) bond motifs is 1. The summed E-state index contributed by atoms with van der Waals surface area (Å²) in [7, 11) is -4.28. The van der Waals surface area contributed by atoms with E-state index in [1.165, 1.54) is 18.2 Å². The smallest absolute Gasteiger partial charge is 0.360 e. The maximum atomic E-state index is 13.0. The van der Waals surface area contributed by atoms with Gasteiger partial charge in [0.15, 0.2) is 0 Å². The SMILES string of the molecule is Cc1ccc2cc(S(=O)(=O)C(=[N+]=[N-])C(=O)c3ccccc3)c(C)cc2c1. The second kappa shape index (κ2) is 6.67. The zero-order valence-corrected chi connectivity index (χ0v) is 15.1. The van der Waals surface area contributed by atoms with Crippen LogP contribution in [-0.2, 0) is 9.84 Å². The summed E-state index contributed by atoms with van der Waals surface area (Å²) in [4.78, 5) is 15.3. The molecule has 0 bridgehead atoms. The first-order valence-corrected chi connectivity index (χ1v) is 9.41. The van der Waals surface area contributed by atoms with Gasteiger partial charge in [0.1, 0.15) is 0 Å². The number of sulfone groups is 1. The number of nitrogens with zero attached hydrogens (tertiary/aromatic N) is 2. The van der Waals surface area contributed by atoms with Gasteiger partial charge in [-0.2, -0.15) is 0 Å². The molecule has 0 saturated carbocycles. The molecule has 0 atom stereocenters. The minimum atomic E-state index is -4.28. The van der Waals surface area contributed by atoms with Crippen molar-refractivity contribution in [3.05, 3.63) is 82.9 Å². The first kappa shape index (κ1) is 17.7. The van der Waals surface area contributed by atoms with Crippen molar-refractivity contribution in [2.45, 2.75) is 18.7 Å². The van der Waals surface area contributed by atoms with E-state index in [9.17, 15) is 18.7 Å². The van der Waals surface area contributed by atoms with E-state index in [1.807, 2.05) is 25.1 Å². The molecule has 0 fully saturated rings. The first-order chi connectivity index (χ1) is 12.3. The van der Waals surface area contributed by atoms with Crippen molar-refractivity contribution >= 4 is 31.4 Å². The molecule has 0 saturated heterocycles. The van der Waals surface area contributed by atoms with Gasteiger partial charge in [0.2, 0.25) is 0 Å². The summed E-state index contributed by atoms with van der Waals surface area (Å²) in [5.41, 5.74) is 11.0. The molecule has 0 radical (unpaired) electrons. The fraction of sp³-hybridized carbons (Fsp3) is 0.100. The zero-order chi connectivity index (χ0) is 18.9. The second-order valence-corrected chi connectivity index (χ2v) is 7.91. The van der Waals surface area contributed by atoms with E-state index in [1.54, 1.807) is 31.2 Å². The van der Waals surface area contributed by atoms with Crippen molar-refractivity contribution in [1.29, 1.82) is 0 Å². The normalized spacial score (nSPS) is 11.2. The van der Waals surface area contributed by atoms with Gasteiger partial charge < -0.3 is 5.53 Å². The predicted octanol–water partition coefficient (Wildman–Crippen LogP) is 3.74. The summed E-state index contributed by atoms with van der Waals surface area (Å²) in [5.74, 6) is -0.850. The van der Waals surface area contributed by atoms with Gasteiger partial charge >= 0.3 is 5.04 Å². The van der Waals surface area contributed by atoms with Crippen LogP contribution in [-0.4, -0.2) is 24.0 Å². The summed E-state index contributed by atoms with van der Waals surface area (Å²) in [6.07, 6.45) is 0. The lowest BCUT2D eigenvalue weighted by molar-refractivity contribution is -0.00158. The van der Waals surface area contributed by atoms with Gasteiger partial charge in [-0.05, 0) is 36.2 Å². The van der Waals surface area contributed by atoms with E-state index in [0.29, 0.717) is 5.56 Å². The van der Waals surface area contributed by atoms with Crippen molar-refractivity contribution in [1.82, 2.24) is 0 Å². The van der Waals surface area contributed by atoms with E-state index < -0.39 is 20.7 Å². The van der Waals surface area contributed by atoms with Crippen LogP contribution in [0.1, 0.15) is 21.5 Å². The summed E-state index contributed by atoms with van der Waals surface area (Å²) in [6.45, 7) is 3.60. The monoisotopic (exact) mass is 364 g/mol. The quantitative estimate of drug-likeness (QED) is 0.233. The highest BCUT2D eigenvalue weighted by atomic mass is 32.2. The molecule has 0 aliphatic rings. The number of rotatable bonds is 3. The lowest BCUT2D eigenvalue weighted by Gasteiger charge is -2.08. The van der Waals surface area contributed by atoms with Crippen LogP contribution in [0.15, 0.2) is 65.6 Å². The Balaban J connectivity index is 2.16. The third kappa shape index (κ3) is 3.08. The molecule has 0 spiro atoms. The molecular weight excluding hydrogens is 348 g/mol. The number of hydrogen-bond acceptors (Lipinski definition) is 3. The Morgan fingerprint density at radius 1 is 0.923 bits per heavy atom. The predicted molar refractivity (Wildman–Crippen MR) is 100 cm³/mol. The molecule has 6 heteroatoms. The molecule has 5 nitrogen and oxygen atoms in total. The Morgan fingerprint density at radius 3 is 2.27 bits per heavy atom. The van der Waals surface area contributed by atoms with Crippen LogP contribution < -0.4 is 0 Å². The highest BCUT2D eigenvalue weighted by molar-refractivity contribution is 8.08. The van der Waals surface area contributed by atoms with Crippen LogP contribution in [0.5, 0.6) is 0 Å².